The molecule has 1 aliphatic heterocycles. The molecule has 0 atom stereocenters. The molecule has 39 heavy (non-hydrogen) atoms. The van der Waals surface area contributed by atoms with Crippen molar-refractivity contribution in [2.75, 3.05) is 7.11 Å². The summed E-state index contributed by atoms with van der Waals surface area (Å²) < 4.78 is 11.6. The Morgan fingerprint density at radius 3 is 2.28 bits per heavy atom. The molecule has 1 amide bonds. The summed E-state index contributed by atoms with van der Waals surface area (Å²) in [6.07, 6.45) is 1.87. The summed E-state index contributed by atoms with van der Waals surface area (Å²) in [5.41, 5.74) is 3.85. The average Bonchev–Trinajstić information content (AvgIpc) is 3.26. The van der Waals surface area contributed by atoms with Crippen molar-refractivity contribution >= 4 is 40.5 Å². The van der Waals surface area contributed by atoms with E-state index in [9.17, 15) is 4.79 Å². The van der Waals surface area contributed by atoms with E-state index in [0.717, 1.165) is 22.3 Å². The van der Waals surface area contributed by atoms with Crippen LogP contribution in [-0.4, -0.2) is 23.1 Å². The number of aliphatic imine (C=N–C) groups is 1. The van der Waals surface area contributed by atoms with E-state index in [1.807, 2.05) is 109 Å². The summed E-state index contributed by atoms with van der Waals surface area (Å²) in [5, 5.41) is 1.34. The SMILES string of the molecule is COc1cc(/C=C2\SC(=NCc3ccccc3)N(Cc3ccccc3)C2=O)ccc1OCc1ccccc1Cl. The van der Waals surface area contributed by atoms with Crippen molar-refractivity contribution < 1.29 is 14.3 Å². The molecule has 1 fully saturated rings. The van der Waals surface area contributed by atoms with Crippen molar-refractivity contribution in [1.82, 2.24) is 4.90 Å². The Balaban J connectivity index is 1.38. The van der Waals surface area contributed by atoms with E-state index < -0.39 is 0 Å². The molecule has 0 spiro atoms. The summed E-state index contributed by atoms with van der Waals surface area (Å²) in [5.74, 6) is 1.10. The fourth-order valence-corrected chi connectivity index (χ4v) is 5.26. The minimum absolute atomic E-state index is 0.0753. The highest BCUT2D eigenvalue weighted by atomic mass is 35.5. The minimum Gasteiger partial charge on any atom is -0.493 e. The highest BCUT2D eigenvalue weighted by molar-refractivity contribution is 8.18. The number of halogens is 1. The van der Waals surface area contributed by atoms with Crippen LogP contribution in [-0.2, 0) is 24.5 Å². The summed E-state index contributed by atoms with van der Waals surface area (Å²) in [6.45, 7) is 1.27. The van der Waals surface area contributed by atoms with Gasteiger partial charge in [0.2, 0.25) is 0 Å². The molecule has 196 valence electrons. The highest BCUT2D eigenvalue weighted by Gasteiger charge is 2.33. The summed E-state index contributed by atoms with van der Waals surface area (Å²) in [4.78, 5) is 20.7. The van der Waals surface area contributed by atoms with Crippen LogP contribution in [0, 0.1) is 0 Å². The second-order valence-electron chi connectivity index (χ2n) is 8.86. The van der Waals surface area contributed by atoms with E-state index in [4.69, 9.17) is 26.1 Å². The molecule has 0 radical (unpaired) electrons. The van der Waals surface area contributed by atoms with Gasteiger partial charge in [-0.15, -0.1) is 0 Å². The molecular formula is C32H27ClN2O3S. The lowest BCUT2D eigenvalue weighted by molar-refractivity contribution is -0.122. The maximum absolute atomic E-state index is 13.5. The molecule has 4 aromatic rings. The van der Waals surface area contributed by atoms with Gasteiger partial charge in [0, 0.05) is 10.6 Å². The number of thioether (sulfide) groups is 1. The summed E-state index contributed by atoms with van der Waals surface area (Å²) in [6, 6.07) is 33.2. The molecule has 0 N–H and O–H groups in total. The minimum atomic E-state index is -0.0753. The zero-order chi connectivity index (χ0) is 27.0. The zero-order valence-corrected chi connectivity index (χ0v) is 23.0. The van der Waals surface area contributed by atoms with Crippen molar-refractivity contribution in [3.05, 3.63) is 135 Å². The van der Waals surface area contributed by atoms with E-state index in [-0.39, 0.29) is 5.91 Å². The second-order valence-corrected chi connectivity index (χ2v) is 10.3. The van der Waals surface area contributed by atoms with Gasteiger partial charge in [0.25, 0.3) is 5.91 Å². The molecule has 0 unspecified atom stereocenters. The largest absolute Gasteiger partial charge is 0.493 e. The van der Waals surface area contributed by atoms with Gasteiger partial charge in [-0.1, -0.05) is 96.5 Å². The maximum atomic E-state index is 13.5. The molecule has 0 aromatic heterocycles. The number of benzene rings is 4. The van der Waals surface area contributed by atoms with Gasteiger partial charge in [0.05, 0.1) is 25.1 Å². The van der Waals surface area contributed by atoms with Gasteiger partial charge in [-0.25, -0.2) is 0 Å². The fourth-order valence-electron chi connectivity index (χ4n) is 4.09. The topological polar surface area (TPSA) is 51.1 Å². The van der Waals surface area contributed by atoms with Crippen molar-refractivity contribution in [3.8, 4) is 11.5 Å². The lowest BCUT2D eigenvalue weighted by Gasteiger charge is -2.15. The van der Waals surface area contributed by atoms with E-state index in [2.05, 4.69) is 0 Å². The van der Waals surface area contributed by atoms with Crippen LogP contribution in [0.4, 0.5) is 0 Å². The average molecular weight is 555 g/mol. The van der Waals surface area contributed by atoms with E-state index in [0.29, 0.717) is 46.3 Å². The first-order chi connectivity index (χ1) is 19.1. The van der Waals surface area contributed by atoms with Crippen LogP contribution >= 0.6 is 23.4 Å². The molecule has 0 aliphatic carbocycles. The lowest BCUT2D eigenvalue weighted by atomic mass is 10.1. The van der Waals surface area contributed by atoms with Crippen LogP contribution in [0.1, 0.15) is 22.3 Å². The van der Waals surface area contributed by atoms with Gasteiger partial charge in [-0.05, 0) is 52.7 Å². The van der Waals surface area contributed by atoms with Crippen LogP contribution in [0.3, 0.4) is 0 Å². The van der Waals surface area contributed by atoms with Gasteiger partial charge in [-0.3, -0.25) is 14.7 Å². The smallest absolute Gasteiger partial charge is 0.267 e. The third-order valence-corrected chi connectivity index (χ3v) is 7.55. The first kappa shape index (κ1) is 26.6. The molecule has 0 bridgehead atoms. The van der Waals surface area contributed by atoms with Gasteiger partial charge >= 0.3 is 0 Å². The van der Waals surface area contributed by atoms with Crippen molar-refractivity contribution in [1.29, 1.82) is 0 Å². The molecule has 1 saturated heterocycles. The summed E-state index contributed by atoms with van der Waals surface area (Å²) in [7, 11) is 1.60. The van der Waals surface area contributed by atoms with Crippen molar-refractivity contribution in [3.63, 3.8) is 0 Å². The Labute approximate surface area is 237 Å². The van der Waals surface area contributed by atoms with Crippen LogP contribution in [0.25, 0.3) is 6.08 Å². The fraction of sp³-hybridized carbons (Fsp3) is 0.125. The van der Waals surface area contributed by atoms with E-state index >= 15 is 0 Å². The van der Waals surface area contributed by atoms with Gasteiger partial charge in [0.15, 0.2) is 16.7 Å². The third-order valence-electron chi connectivity index (χ3n) is 6.14. The Bertz CT molecular complexity index is 1510. The number of rotatable bonds is 9. The number of amidine groups is 1. The number of amides is 1. The predicted molar refractivity (Wildman–Crippen MR) is 159 cm³/mol. The first-order valence-electron chi connectivity index (χ1n) is 12.5. The number of carbonyl (C=O) groups excluding carboxylic acids is 1. The molecule has 5 rings (SSSR count). The number of hydrogen-bond donors (Lipinski definition) is 0. The molecule has 7 heteroatoms. The van der Waals surface area contributed by atoms with Crippen LogP contribution in [0.15, 0.2) is 113 Å². The van der Waals surface area contributed by atoms with Crippen LogP contribution < -0.4 is 9.47 Å². The Morgan fingerprint density at radius 1 is 0.872 bits per heavy atom. The molecule has 1 heterocycles. The molecule has 1 aliphatic rings. The highest BCUT2D eigenvalue weighted by Crippen LogP contribution is 2.36. The predicted octanol–water partition coefficient (Wildman–Crippen LogP) is 7.60. The number of methoxy groups -OCH3 is 1. The Morgan fingerprint density at radius 2 is 1.56 bits per heavy atom. The molecule has 0 saturated carbocycles. The van der Waals surface area contributed by atoms with Gasteiger partial charge < -0.3 is 9.47 Å². The van der Waals surface area contributed by atoms with Crippen molar-refractivity contribution in [2.45, 2.75) is 19.7 Å². The third kappa shape index (κ3) is 6.72. The number of carbonyl (C=O) groups is 1. The quantitative estimate of drug-likeness (QED) is 0.200. The first-order valence-corrected chi connectivity index (χ1v) is 13.7. The lowest BCUT2D eigenvalue weighted by Crippen LogP contribution is -2.28. The number of nitrogens with zero attached hydrogens (tertiary/aromatic N) is 2. The van der Waals surface area contributed by atoms with Gasteiger partial charge in [0.1, 0.15) is 6.61 Å². The standard InChI is InChI=1S/C32H27ClN2O3S/c1-37-29-18-25(16-17-28(29)38-22-26-14-8-9-15-27(26)33)19-30-31(36)35(21-24-12-6-3-7-13-24)32(39-30)34-20-23-10-4-2-5-11-23/h2-19H,20-22H2,1H3/b30-19-,34-32?. The molecule has 5 nitrogen and oxygen atoms in total. The van der Waals surface area contributed by atoms with Crippen LogP contribution in [0.2, 0.25) is 5.02 Å². The monoisotopic (exact) mass is 554 g/mol. The van der Waals surface area contributed by atoms with Crippen molar-refractivity contribution in [2.24, 2.45) is 4.99 Å². The second kappa shape index (κ2) is 12.7. The van der Waals surface area contributed by atoms with E-state index in [1.54, 1.807) is 12.0 Å². The van der Waals surface area contributed by atoms with Crippen LogP contribution in [0.5, 0.6) is 11.5 Å². The normalized spacial score (nSPS) is 15.2. The molecule has 4 aromatic carbocycles. The van der Waals surface area contributed by atoms with Gasteiger partial charge in [-0.2, -0.15) is 0 Å². The summed E-state index contributed by atoms with van der Waals surface area (Å²) >= 11 is 7.65. The Kier molecular flexibility index (Phi) is 8.66. The number of ether oxygens (including phenoxy) is 2. The molecular weight excluding hydrogens is 528 g/mol. The van der Waals surface area contributed by atoms with E-state index in [1.165, 1.54) is 11.8 Å². The Hall–Kier alpha value is -4.00. The maximum Gasteiger partial charge on any atom is 0.267 e. The number of hydrogen-bond acceptors (Lipinski definition) is 5. The zero-order valence-electron chi connectivity index (χ0n) is 21.4.